The third-order valence-corrected chi connectivity index (χ3v) is 6.81. The Morgan fingerprint density at radius 3 is 2.50 bits per heavy atom. The maximum Gasteiger partial charge on any atom is 0.251 e. The van der Waals surface area contributed by atoms with Gasteiger partial charge in [-0.2, -0.15) is 5.10 Å². The summed E-state index contributed by atoms with van der Waals surface area (Å²) < 4.78 is 16.5. The van der Waals surface area contributed by atoms with E-state index in [0.29, 0.717) is 5.56 Å². The van der Waals surface area contributed by atoms with Crippen LogP contribution in [0.25, 0.3) is 5.69 Å². The summed E-state index contributed by atoms with van der Waals surface area (Å²) in [5.74, 6) is -1.28. The number of carbonyl (C=O) groups excluding carboxylic acids is 2. The fourth-order valence-corrected chi connectivity index (χ4v) is 5.16. The van der Waals surface area contributed by atoms with Crippen LogP contribution in [0, 0.1) is 16.3 Å². The Bertz CT molecular complexity index is 1380. The van der Waals surface area contributed by atoms with Crippen LogP contribution in [0.15, 0.2) is 78.9 Å². The number of ketones is 1. The Labute approximate surface area is 210 Å². The molecule has 1 aromatic heterocycles. The van der Waals surface area contributed by atoms with Crippen LogP contribution >= 0.6 is 22.6 Å². The summed E-state index contributed by atoms with van der Waals surface area (Å²) >= 11 is 2.15. The quantitative estimate of drug-likeness (QED) is 0.355. The van der Waals surface area contributed by atoms with Gasteiger partial charge in [-0.25, -0.2) is 9.07 Å². The largest absolute Gasteiger partial charge is 0.341 e. The van der Waals surface area contributed by atoms with Crippen molar-refractivity contribution in [1.82, 2.24) is 15.1 Å². The summed E-state index contributed by atoms with van der Waals surface area (Å²) in [4.78, 5) is 26.6. The normalized spacial score (nSPS) is 17.3. The van der Waals surface area contributed by atoms with Gasteiger partial charge in [0.1, 0.15) is 5.82 Å². The minimum absolute atomic E-state index is 0.113. The van der Waals surface area contributed by atoms with Crippen LogP contribution in [-0.4, -0.2) is 27.5 Å². The van der Waals surface area contributed by atoms with Gasteiger partial charge in [0.05, 0.1) is 29.5 Å². The van der Waals surface area contributed by atoms with Crippen molar-refractivity contribution in [3.63, 3.8) is 0 Å². The van der Waals surface area contributed by atoms with Crippen LogP contribution in [0.1, 0.15) is 38.8 Å². The molecule has 0 fully saturated rings. The number of fused-ring (bicyclic) bond motifs is 1. The highest BCUT2D eigenvalue weighted by Crippen LogP contribution is 2.38. The highest BCUT2D eigenvalue weighted by molar-refractivity contribution is 14.1. The van der Waals surface area contributed by atoms with E-state index in [2.05, 4.69) is 27.9 Å². The predicted octanol–water partition coefficient (Wildman–Crippen LogP) is 4.98. The van der Waals surface area contributed by atoms with Gasteiger partial charge in [-0.05, 0) is 77.5 Å². The molecule has 3 aromatic carbocycles. The van der Waals surface area contributed by atoms with E-state index in [0.717, 1.165) is 31.8 Å². The lowest BCUT2D eigenvalue weighted by atomic mass is 9.76. The van der Waals surface area contributed by atoms with Crippen molar-refractivity contribution in [3.05, 3.63) is 116 Å². The molecule has 4 aromatic rings. The van der Waals surface area contributed by atoms with Gasteiger partial charge >= 0.3 is 0 Å². The Hall–Kier alpha value is -3.33. The van der Waals surface area contributed by atoms with Gasteiger partial charge in [0.15, 0.2) is 5.78 Å². The van der Waals surface area contributed by atoms with Gasteiger partial charge in [-0.15, -0.1) is 0 Å². The maximum absolute atomic E-state index is 13.7. The molecular weight excluding hydrogens is 544 g/mol. The van der Waals surface area contributed by atoms with Crippen molar-refractivity contribution in [1.29, 1.82) is 0 Å². The van der Waals surface area contributed by atoms with Gasteiger partial charge in [0, 0.05) is 20.6 Å². The molecule has 0 radical (unpaired) electrons. The summed E-state index contributed by atoms with van der Waals surface area (Å²) in [5.41, 5.74) is 4.55. The monoisotopic (exact) mass is 565 g/mol. The van der Waals surface area contributed by atoms with Crippen molar-refractivity contribution in [2.45, 2.75) is 25.3 Å². The number of carbonyl (C=O) groups is 2. The number of aromatic nitrogens is 2. The van der Waals surface area contributed by atoms with Gasteiger partial charge in [-0.3, -0.25) is 9.59 Å². The molecule has 0 bridgehead atoms. The van der Waals surface area contributed by atoms with E-state index in [1.807, 2.05) is 49.4 Å². The van der Waals surface area contributed by atoms with Crippen LogP contribution in [0.3, 0.4) is 0 Å². The lowest BCUT2D eigenvalue weighted by Gasteiger charge is -2.32. The molecule has 1 amide bonds. The van der Waals surface area contributed by atoms with Crippen LogP contribution in [0.2, 0.25) is 0 Å². The summed E-state index contributed by atoms with van der Waals surface area (Å²) in [6.45, 7) is 1.91. The Morgan fingerprint density at radius 1 is 1.06 bits per heavy atom. The lowest BCUT2D eigenvalue weighted by molar-refractivity contribution is -0.121. The first-order valence-electron chi connectivity index (χ1n) is 10.9. The summed E-state index contributed by atoms with van der Waals surface area (Å²) in [6, 6.07) is 22.2. The predicted molar refractivity (Wildman–Crippen MR) is 136 cm³/mol. The molecule has 1 aliphatic rings. The van der Waals surface area contributed by atoms with Crippen molar-refractivity contribution in [2.24, 2.45) is 0 Å². The van der Waals surface area contributed by atoms with Crippen molar-refractivity contribution < 1.29 is 14.0 Å². The number of benzene rings is 3. The minimum atomic E-state index is -0.796. The highest BCUT2D eigenvalue weighted by Gasteiger charge is 2.41. The van der Waals surface area contributed by atoms with Crippen LogP contribution in [-0.2, 0) is 11.2 Å². The fraction of sp³-hybridized carbons (Fsp3) is 0.148. The number of hydrogen-bond donors (Lipinski definition) is 1. The van der Waals surface area contributed by atoms with Gasteiger partial charge in [0.25, 0.3) is 5.91 Å². The fourth-order valence-electron chi connectivity index (χ4n) is 4.62. The van der Waals surface area contributed by atoms with E-state index >= 15 is 0 Å². The SMILES string of the molecule is Cc1nn(-c2ccccc2)c2c1[C@H](c1ccc(F)cc1)[C@H](NC(=O)c1cccc(I)c1)C(=O)C2. The maximum atomic E-state index is 13.7. The molecule has 7 heteroatoms. The number of aryl methyl sites for hydroxylation is 1. The number of amides is 1. The van der Waals surface area contributed by atoms with Gasteiger partial charge in [0.2, 0.25) is 0 Å². The summed E-state index contributed by atoms with van der Waals surface area (Å²) in [7, 11) is 0. The zero-order chi connectivity index (χ0) is 23.8. The standard InChI is InChI=1S/C27H21FIN3O2/c1-16-24-22(32(31-16)21-8-3-2-4-9-21)15-23(33)26(25(24)17-10-12-19(28)13-11-17)30-27(34)18-6-5-7-20(29)14-18/h2-14,25-26H,15H2,1H3,(H,30,34)/t25-,26+/m0/s1. The average molecular weight is 565 g/mol. The summed E-state index contributed by atoms with van der Waals surface area (Å²) in [6.07, 6.45) is 0.139. The van der Waals surface area contributed by atoms with Gasteiger partial charge in [-0.1, -0.05) is 36.4 Å². The van der Waals surface area contributed by atoms with E-state index in [1.165, 1.54) is 12.1 Å². The summed E-state index contributed by atoms with van der Waals surface area (Å²) in [5, 5.41) is 7.72. The van der Waals surface area contributed by atoms with Crippen LogP contribution in [0.5, 0.6) is 0 Å². The van der Waals surface area contributed by atoms with Crippen LogP contribution in [0.4, 0.5) is 4.39 Å². The minimum Gasteiger partial charge on any atom is -0.341 e. The molecular formula is C27H21FIN3O2. The second-order valence-corrected chi connectivity index (χ2v) is 9.57. The topological polar surface area (TPSA) is 64.0 Å². The average Bonchev–Trinajstić information content (AvgIpc) is 3.16. The highest BCUT2D eigenvalue weighted by atomic mass is 127. The first-order valence-corrected chi connectivity index (χ1v) is 12.0. The molecule has 5 nitrogen and oxygen atoms in total. The smallest absolute Gasteiger partial charge is 0.251 e. The van der Waals surface area contributed by atoms with Crippen LogP contribution < -0.4 is 5.32 Å². The number of rotatable bonds is 4. The van der Waals surface area contributed by atoms with Gasteiger partial charge < -0.3 is 5.32 Å². The molecule has 0 saturated carbocycles. The first-order chi connectivity index (χ1) is 16.4. The molecule has 5 rings (SSSR count). The molecule has 0 aliphatic heterocycles. The van der Waals surface area contributed by atoms with E-state index < -0.39 is 12.0 Å². The molecule has 1 heterocycles. The number of hydrogen-bond acceptors (Lipinski definition) is 3. The van der Waals surface area contributed by atoms with E-state index in [9.17, 15) is 14.0 Å². The van der Waals surface area contributed by atoms with Crippen molar-refractivity contribution in [2.75, 3.05) is 0 Å². The number of halogens is 2. The molecule has 0 spiro atoms. The second kappa shape index (κ2) is 9.13. The van der Waals surface area contributed by atoms with E-state index in [-0.39, 0.29) is 23.9 Å². The number of para-hydroxylation sites is 1. The third kappa shape index (κ3) is 4.16. The number of nitrogens with zero attached hydrogens (tertiary/aromatic N) is 2. The van der Waals surface area contributed by atoms with E-state index in [1.54, 1.807) is 28.9 Å². The zero-order valence-corrected chi connectivity index (χ0v) is 20.5. The molecule has 1 aliphatic carbocycles. The molecule has 34 heavy (non-hydrogen) atoms. The first kappa shape index (κ1) is 22.5. The van der Waals surface area contributed by atoms with Crippen molar-refractivity contribution in [3.8, 4) is 5.69 Å². The molecule has 1 N–H and O–H groups in total. The third-order valence-electron chi connectivity index (χ3n) is 6.14. The molecule has 2 atom stereocenters. The number of nitrogens with one attached hydrogen (secondary N) is 1. The molecule has 170 valence electrons. The van der Waals surface area contributed by atoms with E-state index in [4.69, 9.17) is 5.10 Å². The zero-order valence-electron chi connectivity index (χ0n) is 18.3. The molecule has 0 saturated heterocycles. The lowest BCUT2D eigenvalue weighted by Crippen LogP contribution is -2.48. The Balaban J connectivity index is 1.62. The van der Waals surface area contributed by atoms with Crippen molar-refractivity contribution >= 4 is 34.3 Å². The Kier molecular flexibility index (Phi) is 6.03. The molecule has 0 unspecified atom stereocenters. The number of Topliss-reactive ketones (excluding diaryl/α,β-unsaturated/α-hetero) is 1. The second-order valence-electron chi connectivity index (χ2n) is 8.33. The Morgan fingerprint density at radius 2 is 1.79 bits per heavy atom.